The van der Waals surface area contributed by atoms with Crippen LogP contribution in [0.5, 0.6) is 0 Å². The van der Waals surface area contributed by atoms with Crippen LogP contribution < -0.4 is 5.73 Å². The lowest BCUT2D eigenvalue weighted by Gasteiger charge is -2.19. The summed E-state index contributed by atoms with van der Waals surface area (Å²) in [6.45, 7) is 3.81. The van der Waals surface area contributed by atoms with Crippen LogP contribution in [0.4, 0.5) is 0 Å². The van der Waals surface area contributed by atoms with E-state index >= 15 is 0 Å². The second-order valence-corrected chi connectivity index (χ2v) is 26.3. The predicted octanol–water partition coefficient (Wildman–Crippen LogP) is 23.9. The van der Waals surface area contributed by atoms with E-state index < -0.39 is 26.5 Å². The summed E-state index contributed by atoms with van der Waals surface area (Å²) in [6, 6.07) is 0. The van der Waals surface area contributed by atoms with E-state index in [1.54, 1.807) is 0 Å². The normalized spacial score (nSPS) is 13.1. The van der Waals surface area contributed by atoms with E-state index in [0.717, 1.165) is 44.9 Å². The van der Waals surface area contributed by atoms with Crippen molar-refractivity contribution in [3.8, 4) is 0 Å². The molecule has 2 atom stereocenters. The van der Waals surface area contributed by atoms with Gasteiger partial charge < -0.3 is 20.1 Å². The zero-order valence-corrected chi connectivity index (χ0v) is 56.1. The number of hydrogen-bond acceptors (Lipinski definition) is 8. The molecule has 0 aliphatic carbocycles. The SMILES string of the molecule is CCCCCCC/C=C\C/C=C\C/C=C\CCCCCCCCCCCCCCCCCCCCCCCCC(=O)OC(COC(=O)CCCCCCCCCCCCCCCCCCCCCCCCCCC)COP(=O)(O)OCCN. The van der Waals surface area contributed by atoms with Crippen LogP contribution in [-0.2, 0) is 32.7 Å². The number of carbonyl (C=O) groups excluding carboxylic acids is 2. The van der Waals surface area contributed by atoms with Crippen molar-refractivity contribution >= 4 is 19.8 Å². The van der Waals surface area contributed by atoms with Gasteiger partial charge in [0, 0.05) is 19.4 Å². The van der Waals surface area contributed by atoms with Gasteiger partial charge in [-0.25, -0.2) is 4.57 Å². The molecular formula is C73H140NO8P. The lowest BCUT2D eigenvalue weighted by molar-refractivity contribution is -0.161. The lowest BCUT2D eigenvalue weighted by Crippen LogP contribution is -2.29. The standard InChI is InChI=1S/C73H140NO8P/c1-3-5-7-9-11-13-15-17-19-21-23-25-27-29-30-31-32-33-34-35-36-37-38-39-40-42-44-46-48-50-52-54-56-58-60-62-64-66-73(76)82-71(70-81-83(77,78)80-68-67-74)69-79-72(75)65-63-61-59-57-55-53-51-49-47-45-43-41-28-26-24-22-20-18-16-14-12-10-8-6-4-2/h15,17,21,23,27,29,71H,3-14,16,18-20,22,24-26,28,30-70,74H2,1-2H3,(H,77,78)/b17-15-,23-21-,29-27-. The third kappa shape index (κ3) is 69.2. The smallest absolute Gasteiger partial charge is 0.462 e. The van der Waals surface area contributed by atoms with Crippen molar-refractivity contribution in [2.24, 2.45) is 5.73 Å². The molecule has 0 heterocycles. The van der Waals surface area contributed by atoms with E-state index in [1.807, 2.05) is 0 Å². The van der Waals surface area contributed by atoms with Crippen molar-refractivity contribution in [2.75, 3.05) is 26.4 Å². The minimum atomic E-state index is -4.39. The Balaban J connectivity index is 3.78. The fraction of sp³-hybridized carbons (Fsp3) is 0.890. The highest BCUT2D eigenvalue weighted by molar-refractivity contribution is 7.47. The van der Waals surface area contributed by atoms with Crippen molar-refractivity contribution < 1.29 is 37.6 Å². The molecule has 2 unspecified atom stereocenters. The Hall–Kier alpha value is -1.77. The van der Waals surface area contributed by atoms with Gasteiger partial charge in [-0.05, 0) is 51.4 Å². The summed E-state index contributed by atoms with van der Waals surface area (Å²) in [5, 5.41) is 0. The van der Waals surface area contributed by atoms with Crippen LogP contribution in [0, 0.1) is 0 Å². The number of unbranched alkanes of at least 4 members (excludes halogenated alkanes) is 51. The topological polar surface area (TPSA) is 134 Å². The van der Waals surface area contributed by atoms with Gasteiger partial charge in [-0.2, -0.15) is 0 Å². The number of rotatable bonds is 70. The Kier molecular flexibility index (Phi) is 67.9. The maximum Gasteiger partial charge on any atom is 0.472 e. The molecule has 0 bridgehead atoms. The second kappa shape index (κ2) is 69.3. The van der Waals surface area contributed by atoms with Crippen LogP contribution in [0.15, 0.2) is 36.5 Å². The van der Waals surface area contributed by atoms with Gasteiger partial charge in [0.1, 0.15) is 6.61 Å². The Morgan fingerprint density at radius 2 is 0.627 bits per heavy atom. The Labute approximate surface area is 515 Å². The van der Waals surface area contributed by atoms with Crippen molar-refractivity contribution in [3.05, 3.63) is 36.5 Å². The van der Waals surface area contributed by atoms with E-state index in [2.05, 4.69) is 50.3 Å². The average Bonchev–Trinajstić information content (AvgIpc) is 3.49. The molecule has 0 saturated carbocycles. The van der Waals surface area contributed by atoms with Crippen molar-refractivity contribution in [1.82, 2.24) is 0 Å². The monoisotopic (exact) mass is 1190 g/mol. The molecule has 0 aromatic carbocycles. The summed E-state index contributed by atoms with van der Waals surface area (Å²) in [5.74, 6) is -0.802. The van der Waals surface area contributed by atoms with Crippen LogP contribution in [0.3, 0.4) is 0 Å². The maximum absolute atomic E-state index is 12.8. The largest absolute Gasteiger partial charge is 0.472 e. The van der Waals surface area contributed by atoms with E-state index in [1.165, 1.54) is 308 Å². The number of phosphoric ester groups is 1. The first-order valence-corrected chi connectivity index (χ1v) is 38.0. The Morgan fingerprint density at radius 1 is 0.361 bits per heavy atom. The lowest BCUT2D eigenvalue weighted by atomic mass is 10.0. The molecule has 490 valence electrons. The molecule has 0 fully saturated rings. The first kappa shape index (κ1) is 81.2. The summed E-state index contributed by atoms with van der Waals surface area (Å²) in [7, 11) is -4.39. The molecule has 10 heteroatoms. The number of hydrogen-bond donors (Lipinski definition) is 2. The maximum atomic E-state index is 12.8. The quantitative estimate of drug-likeness (QED) is 0.0264. The van der Waals surface area contributed by atoms with Crippen LogP contribution in [-0.4, -0.2) is 49.3 Å². The van der Waals surface area contributed by atoms with Crippen molar-refractivity contribution in [3.63, 3.8) is 0 Å². The molecule has 0 aliphatic rings. The summed E-state index contributed by atoms with van der Waals surface area (Å²) >= 11 is 0. The number of nitrogens with two attached hydrogens (primary N) is 1. The first-order chi connectivity index (χ1) is 40.8. The summed E-state index contributed by atoms with van der Waals surface area (Å²) in [6.07, 6.45) is 86.9. The first-order valence-electron chi connectivity index (χ1n) is 36.5. The van der Waals surface area contributed by atoms with Gasteiger partial charge in [0.25, 0.3) is 0 Å². The van der Waals surface area contributed by atoms with Crippen LogP contribution in [0.25, 0.3) is 0 Å². The van der Waals surface area contributed by atoms with E-state index in [4.69, 9.17) is 24.3 Å². The van der Waals surface area contributed by atoms with Crippen LogP contribution in [0.2, 0.25) is 0 Å². The van der Waals surface area contributed by atoms with Gasteiger partial charge >= 0.3 is 19.8 Å². The molecule has 0 amide bonds. The molecule has 0 saturated heterocycles. The third-order valence-electron chi connectivity index (χ3n) is 16.5. The minimum absolute atomic E-state index is 0.0567. The average molecular weight is 1190 g/mol. The number of phosphoric acid groups is 1. The van der Waals surface area contributed by atoms with Gasteiger partial charge in [0.15, 0.2) is 6.10 Å². The highest BCUT2D eigenvalue weighted by Crippen LogP contribution is 2.43. The summed E-state index contributed by atoms with van der Waals surface area (Å²) in [4.78, 5) is 35.4. The zero-order chi connectivity index (χ0) is 60.1. The molecule has 0 rings (SSSR count). The zero-order valence-electron chi connectivity index (χ0n) is 55.2. The predicted molar refractivity (Wildman–Crippen MR) is 358 cm³/mol. The highest BCUT2D eigenvalue weighted by Gasteiger charge is 2.26. The molecule has 0 spiro atoms. The Bertz CT molecular complexity index is 1450. The molecule has 83 heavy (non-hydrogen) atoms. The molecule has 0 aliphatic heterocycles. The number of carbonyl (C=O) groups is 2. The third-order valence-corrected chi connectivity index (χ3v) is 17.5. The van der Waals surface area contributed by atoms with Crippen molar-refractivity contribution in [1.29, 1.82) is 0 Å². The molecule has 9 nitrogen and oxygen atoms in total. The minimum Gasteiger partial charge on any atom is -0.462 e. The van der Waals surface area contributed by atoms with Gasteiger partial charge in [-0.3, -0.25) is 18.6 Å². The van der Waals surface area contributed by atoms with Crippen LogP contribution >= 0.6 is 7.82 Å². The summed E-state index contributed by atoms with van der Waals surface area (Å²) in [5.41, 5.74) is 5.41. The molecule has 3 N–H and O–H groups in total. The second-order valence-electron chi connectivity index (χ2n) is 24.8. The molecular weight excluding hydrogens is 1050 g/mol. The van der Waals surface area contributed by atoms with Gasteiger partial charge in [-0.15, -0.1) is 0 Å². The van der Waals surface area contributed by atoms with E-state index in [0.29, 0.717) is 6.42 Å². The molecule has 0 radical (unpaired) electrons. The number of ether oxygens (including phenoxy) is 2. The molecule has 0 aromatic rings. The summed E-state index contributed by atoms with van der Waals surface area (Å²) < 4.78 is 33.2. The highest BCUT2D eigenvalue weighted by atomic mass is 31.2. The van der Waals surface area contributed by atoms with E-state index in [9.17, 15) is 19.0 Å². The van der Waals surface area contributed by atoms with Gasteiger partial charge in [0.2, 0.25) is 0 Å². The fourth-order valence-electron chi connectivity index (χ4n) is 11.1. The molecule has 0 aromatic heterocycles. The van der Waals surface area contributed by atoms with Gasteiger partial charge in [0.05, 0.1) is 13.2 Å². The number of esters is 2. The van der Waals surface area contributed by atoms with Gasteiger partial charge in [-0.1, -0.05) is 359 Å². The fourth-order valence-corrected chi connectivity index (χ4v) is 11.9. The van der Waals surface area contributed by atoms with Crippen molar-refractivity contribution in [2.45, 2.75) is 392 Å². The number of allylic oxidation sites excluding steroid dienone is 6. The Morgan fingerprint density at radius 3 is 0.928 bits per heavy atom. The van der Waals surface area contributed by atoms with E-state index in [-0.39, 0.29) is 38.6 Å². The van der Waals surface area contributed by atoms with Crippen LogP contribution in [0.1, 0.15) is 386 Å².